The van der Waals surface area contributed by atoms with Gasteiger partial charge in [-0.1, -0.05) is 6.07 Å². The fourth-order valence-corrected chi connectivity index (χ4v) is 4.13. The van der Waals surface area contributed by atoms with E-state index in [1.54, 1.807) is 17.5 Å². The molecule has 126 valence electrons. The first-order valence-electron chi connectivity index (χ1n) is 8.27. The van der Waals surface area contributed by atoms with Gasteiger partial charge in [-0.15, -0.1) is 0 Å². The van der Waals surface area contributed by atoms with E-state index in [0.29, 0.717) is 12.5 Å². The molecule has 5 nitrogen and oxygen atoms in total. The highest BCUT2D eigenvalue weighted by Gasteiger charge is 2.44. The van der Waals surface area contributed by atoms with E-state index in [0.717, 1.165) is 37.9 Å². The van der Waals surface area contributed by atoms with Crippen molar-refractivity contribution in [2.75, 3.05) is 19.7 Å². The standard InChI is InChI=1S/C18H20N2O3S/c21-17(14-4-10-24-13-14)20-8-5-18(6-9-20)11-15(12-22-18)23-16-3-1-2-7-19-16/h1-4,7,10,13,15H,5-6,8-9,11-12H2. The van der Waals surface area contributed by atoms with Crippen molar-refractivity contribution >= 4 is 17.2 Å². The maximum atomic E-state index is 12.4. The van der Waals surface area contributed by atoms with Crippen LogP contribution in [0.5, 0.6) is 5.88 Å². The third-order valence-electron chi connectivity index (χ3n) is 4.83. The number of ether oxygens (including phenoxy) is 2. The summed E-state index contributed by atoms with van der Waals surface area (Å²) in [4.78, 5) is 18.6. The molecule has 0 bridgehead atoms. The van der Waals surface area contributed by atoms with Gasteiger partial charge in [-0.3, -0.25) is 4.79 Å². The zero-order chi connectivity index (χ0) is 16.4. The second-order valence-corrected chi connectivity index (χ2v) is 7.19. The number of rotatable bonds is 3. The van der Waals surface area contributed by atoms with Gasteiger partial charge in [-0.05, 0) is 30.4 Å². The predicted molar refractivity (Wildman–Crippen MR) is 91.4 cm³/mol. The summed E-state index contributed by atoms with van der Waals surface area (Å²) in [5.74, 6) is 0.776. The van der Waals surface area contributed by atoms with Gasteiger partial charge in [0.1, 0.15) is 6.10 Å². The van der Waals surface area contributed by atoms with Gasteiger partial charge in [0.05, 0.1) is 17.8 Å². The highest BCUT2D eigenvalue weighted by molar-refractivity contribution is 7.08. The Balaban J connectivity index is 1.33. The van der Waals surface area contributed by atoms with Crippen LogP contribution in [-0.2, 0) is 4.74 Å². The van der Waals surface area contributed by atoms with Crippen molar-refractivity contribution < 1.29 is 14.3 Å². The molecular formula is C18H20N2O3S. The van der Waals surface area contributed by atoms with Crippen LogP contribution >= 0.6 is 11.3 Å². The van der Waals surface area contributed by atoms with E-state index in [2.05, 4.69) is 4.98 Å². The second-order valence-electron chi connectivity index (χ2n) is 6.41. The average molecular weight is 344 g/mol. The lowest BCUT2D eigenvalue weighted by Crippen LogP contribution is -2.46. The van der Waals surface area contributed by atoms with E-state index in [4.69, 9.17) is 9.47 Å². The maximum absolute atomic E-state index is 12.4. The molecule has 0 aliphatic carbocycles. The Hall–Kier alpha value is -1.92. The predicted octanol–water partition coefficient (Wildman–Crippen LogP) is 2.99. The van der Waals surface area contributed by atoms with Crippen LogP contribution < -0.4 is 4.74 Å². The number of carbonyl (C=O) groups excluding carboxylic acids is 1. The molecule has 2 saturated heterocycles. The fourth-order valence-electron chi connectivity index (χ4n) is 3.50. The Morgan fingerprint density at radius 1 is 1.33 bits per heavy atom. The third kappa shape index (κ3) is 3.16. The van der Waals surface area contributed by atoms with Gasteiger partial charge in [0.2, 0.25) is 5.88 Å². The molecule has 4 rings (SSSR count). The first-order valence-corrected chi connectivity index (χ1v) is 9.22. The lowest BCUT2D eigenvalue weighted by molar-refractivity contribution is -0.0396. The normalized spacial score (nSPS) is 22.7. The van der Waals surface area contributed by atoms with Crippen molar-refractivity contribution in [2.45, 2.75) is 31.0 Å². The Bertz CT molecular complexity index is 682. The number of piperidine rings is 1. The quantitative estimate of drug-likeness (QED) is 0.859. The first kappa shape index (κ1) is 15.6. The van der Waals surface area contributed by atoms with E-state index in [-0.39, 0.29) is 17.6 Å². The van der Waals surface area contributed by atoms with Gasteiger partial charge in [0.15, 0.2) is 0 Å². The van der Waals surface area contributed by atoms with Crippen molar-refractivity contribution in [3.8, 4) is 5.88 Å². The van der Waals surface area contributed by atoms with Crippen LogP contribution in [0.3, 0.4) is 0 Å². The Morgan fingerprint density at radius 3 is 2.92 bits per heavy atom. The van der Waals surface area contributed by atoms with Gasteiger partial charge in [-0.2, -0.15) is 11.3 Å². The van der Waals surface area contributed by atoms with Crippen LogP contribution in [0.2, 0.25) is 0 Å². The first-order chi connectivity index (χ1) is 11.7. The van der Waals surface area contributed by atoms with Crippen molar-refractivity contribution in [3.05, 3.63) is 46.8 Å². The zero-order valence-corrected chi connectivity index (χ0v) is 14.2. The number of nitrogens with zero attached hydrogens (tertiary/aromatic N) is 2. The molecule has 2 fully saturated rings. The molecular weight excluding hydrogens is 324 g/mol. The number of thiophene rings is 1. The highest BCUT2D eigenvalue weighted by atomic mass is 32.1. The van der Waals surface area contributed by atoms with Crippen LogP contribution in [-0.4, -0.2) is 47.2 Å². The molecule has 0 radical (unpaired) electrons. The second kappa shape index (κ2) is 6.53. The number of hydrogen-bond donors (Lipinski definition) is 0. The topological polar surface area (TPSA) is 51.7 Å². The molecule has 1 spiro atoms. The van der Waals surface area contributed by atoms with E-state index in [1.807, 2.05) is 39.9 Å². The van der Waals surface area contributed by atoms with Crippen molar-refractivity contribution in [2.24, 2.45) is 0 Å². The molecule has 24 heavy (non-hydrogen) atoms. The molecule has 1 amide bonds. The lowest BCUT2D eigenvalue weighted by Gasteiger charge is -2.38. The molecule has 1 unspecified atom stereocenters. The average Bonchev–Trinajstić information content (AvgIpc) is 3.27. The van der Waals surface area contributed by atoms with Crippen LogP contribution in [0.4, 0.5) is 0 Å². The van der Waals surface area contributed by atoms with Gasteiger partial charge in [0, 0.05) is 37.2 Å². The fraction of sp³-hybridized carbons (Fsp3) is 0.444. The van der Waals surface area contributed by atoms with Crippen molar-refractivity contribution in [1.82, 2.24) is 9.88 Å². The van der Waals surface area contributed by atoms with E-state index in [1.165, 1.54) is 0 Å². The Labute approximate surface area is 145 Å². The monoisotopic (exact) mass is 344 g/mol. The summed E-state index contributed by atoms with van der Waals surface area (Å²) >= 11 is 1.56. The molecule has 1 atom stereocenters. The number of amides is 1. The summed E-state index contributed by atoms with van der Waals surface area (Å²) in [5.41, 5.74) is 0.643. The number of likely N-dealkylation sites (tertiary alicyclic amines) is 1. The van der Waals surface area contributed by atoms with Gasteiger partial charge in [-0.25, -0.2) is 4.98 Å². The lowest BCUT2D eigenvalue weighted by atomic mass is 9.88. The molecule has 0 saturated carbocycles. The molecule has 4 heterocycles. The molecule has 6 heteroatoms. The van der Waals surface area contributed by atoms with E-state index in [9.17, 15) is 4.79 Å². The molecule has 2 aromatic rings. The number of pyridine rings is 1. The minimum Gasteiger partial charge on any atom is -0.472 e. The van der Waals surface area contributed by atoms with E-state index >= 15 is 0 Å². The van der Waals surface area contributed by atoms with Crippen LogP contribution in [0.25, 0.3) is 0 Å². The van der Waals surface area contributed by atoms with E-state index < -0.39 is 0 Å². The summed E-state index contributed by atoms with van der Waals surface area (Å²) in [7, 11) is 0. The molecule has 2 aromatic heterocycles. The third-order valence-corrected chi connectivity index (χ3v) is 5.51. The maximum Gasteiger partial charge on any atom is 0.254 e. The summed E-state index contributed by atoms with van der Waals surface area (Å²) in [6.45, 7) is 2.07. The number of carbonyl (C=O) groups is 1. The summed E-state index contributed by atoms with van der Waals surface area (Å²) in [5, 5.41) is 3.85. The minimum absolute atomic E-state index is 0.0408. The Kier molecular flexibility index (Phi) is 4.24. The number of hydrogen-bond acceptors (Lipinski definition) is 5. The molecule has 2 aliphatic heterocycles. The molecule has 0 N–H and O–H groups in total. The highest BCUT2D eigenvalue weighted by Crippen LogP contribution is 2.37. The minimum atomic E-state index is -0.148. The summed E-state index contributed by atoms with van der Waals surface area (Å²) in [6.07, 6.45) is 4.37. The Morgan fingerprint density at radius 2 is 2.21 bits per heavy atom. The van der Waals surface area contributed by atoms with Crippen molar-refractivity contribution in [1.29, 1.82) is 0 Å². The van der Waals surface area contributed by atoms with Gasteiger partial charge >= 0.3 is 0 Å². The molecule has 0 aromatic carbocycles. The van der Waals surface area contributed by atoms with Gasteiger partial charge in [0.25, 0.3) is 5.91 Å². The van der Waals surface area contributed by atoms with Crippen LogP contribution in [0.1, 0.15) is 29.6 Å². The summed E-state index contributed by atoms with van der Waals surface area (Å²) in [6, 6.07) is 7.55. The smallest absolute Gasteiger partial charge is 0.254 e. The SMILES string of the molecule is O=C(c1ccsc1)N1CCC2(CC1)CC(Oc1ccccn1)CO2. The zero-order valence-electron chi connectivity index (χ0n) is 13.4. The van der Waals surface area contributed by atoms with Gasteiger partial charge < -0.3 is 14.4 Å². The number of aromatic nitrogens is 1. The molecule has 2 aliphatic rings. The van der Waals surface area contributed by atoms with Crippen LogP contribution in [0, 0.1) is 0 Å². The largest absolute Gasteiger partial charge is 0.472 e. The van der Waals surface area contributed by atoms with Crippen LogP contribution in [0.15, 0.2) is 41.2 Å². The summed E-state index contributed by atoms with van der Waals surface area (Å²) < 4.78 is 12.0. The van der Waals surface area contributed by atoms with Crippen molar-refractivity contribution in [3.63, 3.8) is 0 Å².